The SMILES string of the molecule is Cc1csc(C(C)NS(=O)(=O)c2csc(CO)c2)n1. The molecule has 0 radical (unpaired) electrons. The van der Waals surface area contributed by atoms with E-state index in [-0.39, 0.29) is 17.5 Å². The van der Waals surface area contributed by atoms with Gasteiger partial charge in [-0.2, -0.15) is 0 Å². The van der Waals surface area contributed by atoms with Crippen LogP contribution in [0.25, 0.3) is 0 Å². The molecule has 104 valence electrons. The van der Waals surface area contributed by atoms with Gasteiger partial charge in [0.15, 0.2) is 0 Å². The molecule has 19 heavy (non-hydrogen) atoms. The van der Waals surface area contributed by atoms with Crippen LogP contribution >= 0.6 is 22.7 Å². The first kappa shape index (κ1) is 14.6. The zero-order valence-electron chi connectivity index (χ0n) is 10.5. The Labute approximate surface area is 120 Å². The predicted molar refractivity (Wildman–Crippen MR) is 75.8 cm³/mol. The molecule has 0 fully saturated rings. The molecule has 1 unspecified atom stereocenters. The Morgan fingerprint density at radius 2 is 2.16 bits per heavy atom. The van der Waals surface area contributed by atoms with Crippen LogP contribution in [0.15, 0.2) is 21.7 Å². The molecule has 2 rings (SSSR count). The standard InChI is InChI=1S/C11H14N2O3S3/c1-7-5-18-11(12-7)8(2)13-19(15,16)10-3-9(4-14)17-6-10/h3,5-6,8,13-14H,4H2,1-2H3. The lowest BCUT2D eigenvalue weighted by Crippen LogP contribution is -2.26. The fourth-order valence-electron chi connectivity index (χ4n) is 1.51. The Morgan fingerprint density at radius 1 is 1.42 bits per heavy atom. The van der Waals surface area contributed by atoms with E-state index in [4.69, 9.17) is 5.11 Å². The molecule has 0 saturated heterocycles. The topological polar surface area (TPSA) is 79.3 Å². The van der Waals surface area contributed by atoms with Gasteiger partial charge in [-0.05, 0) is 19.9 Å². The van der Waals surface area contributed by atoms with Crippen molar-refractivity contribution in [2.24, 2.45) is 0 Å². The van der Waals surface area contributed by atoms with Crippen molar-refractivity contribution in [3.63, 3.8) is 0 Å². The Kier molecular flexibility index (Phi) is 4.36. The monoisotopic (exact) mass is 318 g/mol. The molecule has 0 amide bonds. The second kappa shape index (κ2) is 5.68. The lowest BCUT2D eigenvalue weighted by atomic mass is 10.4. The van der Waals surface area contributed by atoms with E-state index in [1.807, 2.05) is 12.3 Å². The summed E-state index contributed by atoms with van der Waals surface area (Å²) >= 11 is 2.65. The molecule has 1 atom stereocenters. The fraction of sp³-hybridized carbons (Fsp3) is 0.364. The Hall–Kier alpha value is -0.800. The maximum atomic E-state index is 12.1. The van der Waals surface area contributed by atoms with Gasteiger partial charge in [-0.3, -0.25) is 0 Å². The third kappa shape index (κ3) is 3.40. The van der Waals surface area contributed by atoms with Gasteiger partial charge < -0.3 is 5.11 Å². The van der Waals surface area contributed by atoms with E-state index in [1.165, 1.54) is 34.1 Å². The van der Waals surface area contributed by atoms with Gasteiger partial charge in [0.25, 0.3) is 0 Å². The van der Waals surface area contributed by atoms with Gasteiger partial charge in [0.1, 0.15) is 5.01 Å². The predicted octanol–water partition coefficient (Wildman–Crippen LogP) is 2.04. The van der Waals surface area contributed by atoms with Crippen molar-refractivity contribution in [3.05, 3.63) is 32.4 Å². The largest absolute Gasteiger partial charge is 0.391 e. The van der Waals surface area contributed by atoms with Crippen LogP contribution in [0.5, 0.6) is 0 Å². The zero-order chi connectivity index (χ0) is 14.0. The average Bonchev–Trinajstić information content (AvgIpc) is 2.96. The summed E-state index contributed by atoms with van der Waals surface area (Å²) in [5.41, 5.74) is 0.879. The van der Waals surface area contributed by atoms with E-state index < -0.39 is 10.0 Å². The quantitative estimate of drug-likeness (QED) is 0.884. The van der Waals surface area contributed by atoms with E-state index in [2.05, 4.69) is 9.71 Å². The van der Waals surface area contributed by atoms with Gasteiger partial charge in [-0.1, -0.05) is 0 Å². The van der Waals surface area contributed by atoms with Crippen LogP contribution in [0.1, 0.15) is 28.5 Å². The third-order valence-electron chi connectivity index (χ3n) is 2.43. The van der Waals surface area contributed by atoms with Gasteiger partial charge in [-0.15, -0.1) is 22.7 Å². The number of rotatable bonds is 5. The summed E-state index contributed by atoms with van der Waals surface area (Å²) in [5.74, 6) is 0. The number of aliphatic hydroxyl groups is 1. The molecule has 0 bridgehead atoms. The van der Waals surface area contributed by atoms with E-state index in [0.717, 1.165) is 10.7 Å². The van der Waals surface area contributed by atoms with Crippen LogP contribution < -0.4 is 4.72 Å². The molecule has 0 aliphatic rings. The van der Waals surface area contributed by atoms with Crippen LogP contribution in [-0.2, 0) is 16.6 Å². The number of aromatic nitrogens is 1. The molecule has 0 spiro atoms. The first-order chi connectivity index (χ1) is 8.92. The second-order valence-electron chi connectivity index (χ2n) is 4.08. The summed E-state index contributed by atoms with van der Waals surface area (Å²) in [5, 5.41) is 13.1. The molecule has 0 aromatic carbocycles. The molecule has 2 aromatic rings. The molecule has 2 aromatic heterocycles. The lowest BCUT2D eigenvalue weighted by Gasteiger charge is -2.10. The van der Waals surface area contributed by atoms with Gasteiger partial charge >= 0.3 is 0 Å². The summed E-state index contributed by atoms with van der Waals surface area (Å²) in [6.07, 6.45) is 0. The van der Waals surface area contributed by atoms with Crippen molar-refractivity contribution in [1.29, 1.82) is 0 Å². The number of thiophene rings is 1. The number of nitrogens with zero attached hydrogens (tertiary/aromatic N) is 1. The molecule has 5 nitrogen and oxygen atoms in total. The van der Waals surface area contributed by atoms with Crippen molar-refractivity contribution < 1.29 is 13.5 Å². The van der Waals surface area contributed by atoms with Crippen LogP contribution in [0.2, 0.25) is 0 Å². The fourth-order valence-corrected chi connectivity index (χ4v) is 4.73. The van der Waals surface area contributed by atoms with Gasteiger partial charge in [0.05, 0.1) is 17.5 Å². The first-order valence-corrected chi connectivity index (χ1v) is 8.79. The number of hydrogen-bond acceptors (Lipinski definition) is 6. The highest BCUT2D eigenvalue weighted by Crippen LogP contribution is 2.23. The minimum Gasteiger partial charge on any atom is -0.391 e. The van der Waals surface area contributed by atoms with Crippen molar-refractivity contribution in [2.45, 2.75) is 31.4 Å². The van der Waals surface area contributed by atoms with Crippen molar-refractivity contribution in [2.75, 3.05) is 0 Å². The number of hydrogen-bond donors (Lipinski definition) is 2. The minimum atomic E-state index is -3.57. The second-order valence-corrected chi connectivity index (χ2v) is 7.68. The average molecular weight is 318 g/mol. The number of aliphatic hydroxyl groups excluding tert-OH is 1. The molecule has 0 aliphatic heterocycles. The Morgan fingerprint density at radius 3 is 2.68 bits per heavy atom. The summed E-state index contributed by atoms with van der Waals surface area (Å²) in [7, 11) is -3.57. The highest BCUT2D eigenvalue weighted by Gasteiger charge is 2.21. The Balaban J connectivity index is 2.17. The van der Waals surface area contributed by atoms with Crippen molar-refractivity contribution in [3.8, 4) is 0 Å². The maximum Gasteiger partial charge on any atom is 0.242 e. The normalized spacial score (nSPS) is 13.6. The van der Waals surface area contributed by atoms with Crippen LogP contribution in [0.4, 0.5) is 0 Å². The molecule has 8 heteroatoms. The zero-order valence-corrected chi connectivity index (χ0v) is 12.9. The molecule has 2 N–H and O–H groups in total. The van der Waals surface area contributed by atoms with Gasteiger partial charge in [-0.25, -0.2) is 18.1 Å². The first-order valence-electron chi connectivity index (χ1n) is 5.55. The van der Waals surface area contributed by atoms with E-state index in [0.29, 0.717) is 4.88 Å². The van der Waals surface area contributed by atoms with E-state index in [9.17, 15) is 8.42 Å². The summed E-state index contributed by atoms with van der Waals surface area (Å²) in [6.45, 7) is 3.48. The third-order valence-corrected chi connectivity index (χ3v) is 6.17. The van der Waals surface area contributed by atoms with Crippen molar-refractivity contribution in [1.82, 2.24) is 9.71 Å². The minimum absolute atomic E-state index is 0.151. The van der Waals surface area contributed by atoms with Crippen LogP contribution in [0, 0.1) is 6.92 Å². The molecule has 0 saturated carbocycles. The maximum absolute atomic E-state index is 12.1. The van der Waals surface area contributed by atoms with Crippen molar-refractivity contribution >= 4 is 32.7 Å². The summed E-state index contributed by atoms with van der Waals surface area (Å²) in [4.78, 5) is 5.07. The lowest BCUT2D eigenvalue weighted by molar-refractivity contribution is 0.285. The van der Waals surface area contributed by atoms with E-state index in [1.54, 1.807) is 6.92 Å². The summed E-state index contributed by atoms with van der Waals surface area (Å²) < 4.78 is 26.9. The van der Waals surface area contributed by atoms with Gasteiger partial charge in [0.2, 0.25) is 10.0 Å². The smallest absolute Gasteiger partial charge is 0.242 e. The number of sulfonamides is 1. The Bertz CT molecular complexity index is 660. The van der Waals surface area contributed by atoms with E-state index >= 15 is 0 Å². The molecule has 2 heterocycles. The molecule has 0 aliphatic carbocycles. The highest BCUT2D eigenvalue weighted by atomic mass is 32.2. The number of nitrogens with one attached hydrogen (secondary N) is 1. The molecular formula is C11H14N2O3S3. The number of aryl methyl sites for hydroxylation is 1. The highest BCUT2D eigenvalue weighted by molar-refractivity contribution is 7.89. The summed E-state index contributed by atoms with van der Waals surface area (Å²) in [6, 6.07) is 1.11. The van der Waals surface area contributed by atoms with Crippen LogP contribution in [0.3, 0.4) is 0 Å². The molecular weight excluding hydrogens is 304 g/mol. The van der Waals surface area contributed by atoms with Gasteiger partial charge in [0, 0.05) is 21.3 Å². The number of thiazole rings is 1. The van der Waals surface area contributed by atoms with Crippen LogP contribution in [-0.4, -0.2) is 18.5 Å².